The van der Waals surface area contributed by atoms with Gasteiger partial charge in [0.2, 0.25) is 5.91 Å². The van der Waals surface area contributed by atoms with E-state index in [0.29, 0.717) is 18.9 Å². The summed E-state index contributed by atoms with van der Waals surface area (Å²) in [7, 11) is 0. The second kappa shape index (κ2) is 6.05. The lowest BCUT2D eigenvalue weighted by atomic mass is 10.2. The van der Waals surface area contributed by atoms with Crippen molar-refractivity contribution in [3.63, 3.8) is 0 Å². The predicted molar refractivity (Wildman–Crippen MR) is 69.9 cm³/mol. The fourth-order valence-corrected chi connectivity index (χ4v) is 2.30. The maximum absolute atomic E-state index is 11.7. The smallest absolute Gasteiger partial charge is 0.223 e. The SMILES string of the molecule is CCCNCc1ccc(CN2CC(C)CC2=O)o1. The zero-order valence-corrected chi connectivity index (χ0v) is 11.2. The van der Waals surface area contributed by atoms with E-state index in [1.807, 2.05) is 17.0 Å². The lowest BCUT2D eigenvalue weighted by Crippen LogP contribution is -2.24. The average Bonchev–Trinajstić information content (AvgIpc) is 2.88. The molecule has 1 unspecified atom stereocenters. The van der Waals surface area contributed by atoms with E-state index in [9.17, 15) is 4.79 Å². The predicted octanol–water partition coefficient (Wildman–Crippen LogP) is 2.15. The van der Waals surface area contributed by atoms with Gasteiger partial charge >= 0.3 is 0 Å². The summed E-state index contributed by atoms with van der Waals surface area (Å²) < 4.78 is 5.72. The monoisotopic (exact) mass is 250 g/mol. The third-order valence-corrected chi connectivity index (χ3v) is 3.20. The number of carbonyl (C=O) groups is 1. The van der Waals surface area contributed by atoms with Gasteiger partial charge in [0.1, 0.15) is 11.5 Å². The Bertz CT molecular complexity index is 400. The third kappa shape index (κ3) is 3.35. The van der Waals surface area contributed by atoms with Gasteiger partial charge in [-0.25, -0.2) is 0 Å². The van der Waals surface area contributed by atoms with E-state index < -0.39 is 0 Å². The molecule has 4 heteroatoms. The molecule has 0 bridgehead atoms. The van der Waals surface area contributed by atoms with Gasteiger partial charge in [-0.2, -0.15) is 0 Å². The van der Waals surface area contributed by atoms with Crippen LogP contribution in [0.1, 0.15) is 38.2 Å². The summed E-state index contributed by atoms with van der Waals surface area (Å²) >= 11 is 0. The van der Waals surface area contributed by atoms with Crippen LogP contribution in [0.25, 0.3) is 0 Å². The van der Waals surface area contributed by atoms with Gasteiger partial charge in [-0.3, -0.25) is 4.79 Å². The Labute approximate surface area is 108 Å². The molecule has 0 saturated carbocycles. The number of nitrogens with zero attached hydrogens (tertiary/aromatic N) is 1. The molecule has 100 valence electrons. The first kappa shape index (κ1) is 13.1. The summed E-state index contributed by atoms with van der Waals surface area (Å²) in [4.78, 5) is 13.6. The van der Waals surface area contributed by atoms with Crippen LogP contribution in [0, 0.1) is 5.92 Å². The number of nitrogens with one attached hydrogen (secondary N) is 1. The van der Waals surface area contributed by atoms with Crippen molar-refractivity contribution in [2.24, 2.45) is 5.92 Å². The number of hydrogen-bond acceptors (Lipinski definition) is 3. The minimum Gasteiger partial charge on any atom is -0.463 e. The van der Waals surface area contributed by atoms with Crippen LogP contribution in [-0.2, 0) is 17.9 Å². The van der Waals surface area contributed by atoms with Crippen LogP contribution in [0.2, 0.25) is 0 Å². The van der Waals surface area contributed by atoms with Crippen LogP contribution in [0.15, 0.2) is 16.5 Å². The summed E-state index contributed by atoms with van der Waals surface area (Å²) in [6.45, 7) is 7.47. The average molecular weight is 250 g/mol. The van der Waals surface area contributed by atoms with Crippen LogP contribution < -0.4 is 5.32 Å². The van der Waals surface area contributed by atoms with Crippen LogP contribution >= 0.6 is 0 Å². The molecule has 18 heavy (non-hydrogen) atoms. The molecule has 0 aromatic carbocycles. The number of hydrogen-bond donors (Lipinski definition) is 1. The molecule has 0 aliphatic carbocycles. The molecule has 4 nitrogen and oxygen atoms in total. The summed E-state index contributed by atoms with van der Waals surface area (Å²) in [5.41, 5.74) is 0. The molecule has 1 aromatic rings. The van der Waals surface area contributed by atoms with Crippen molar-refractivity contribution in [3.05, 3.63) is 23.7 Å². The highest BCUT2D eigenvalue weighted by Gasteiger charge is 2.26. The molecule has 1 fully saturated rings. The summed E-state index contributed by atoms with van der Waals surface area (Å²) in [5.74, 6) is 2.53. The summed E-state index contributed by atoms with van der Waals surface area (Å²) in [6.07, 6.45) is 1.79. The van der Waals surface area contributed by atoms with Crippen LogP contribution in [-0.4, -0.2) is 23.9 Å². The fourth-order valence-electron chi connectivity index (χ4n) is 2.30. The van der Waals surface area contributed by atoms with E-state index >= 15 is 0 Å². The minimum absolute atomic E-state index is 0.240. The highest BCUT2D eigenvalue weighted by Crippen LogP contribution is 2.20. The van der Waals surface area contributed by atoms with E-state index in [4.69, 9.17) is 4.42 Å². The molecule has 1 atom stereocenters. The number of likely N-dealkylation sites (tertiary alicyclic amines) is 1. The quantitative estimate of drug-likeness (QED) is 0.787. The van der Waals surface area contributed by atoms with Crippen molar-refractivity contribution < 1.29 is 9.21 Å². The zero-order valence-electron chi connectivity index (χ0n) is 11.2. The number of furan rings is 1. The van der Waals surface area contributed by atoms with E-state index in [-0.39, 0.29) is 5.91 Å². The molecule has 1 amide bonds. The van der Waals surface area contributed by atoms with Gasteiger partial charge in [-0.15, -0.1) is 0 Å². The third-order valence-electron chi connectivity index (χ3n) is 3.20. The second-order valence-electron chi connectivity index (χ2n) is 5.13. The Hall–Kier alpha value is -1.29. The number of amides is 1. The standard InChI is InChI=1S/C14H22N2O2/c1-3-6-15-8-12-4-5-13(18-12)10-16-9-11(2)7-14(16)17/h4-5,11,15H,3,6-10H2,1-2H3. The lowest BCUT2D eigenvalue weighted by Gasteiger charge is -2.13. The molecule has 1 aliphatic rings. The molecule has 2 heterocycles. The van der Waals surface area contributed by atoms with Gasteiger partial charge in [0.15, 0.2) is 0 Å². The molecular weight excluding hydrogens is 228 g/mol. The Balaban J connectivity index is 1.84. The van der Waals surface area contributed by atoms with Crippen LogP contribution in [0.3, 0.4) is 0 Å². The first-order valence-electron chi connectivity index (χ1n) is 6.75. The first-order chi connectivity index (χ1) is 8.69. The lowest BCUT2D eigenvalue weighted by molar-refractivity contribution is -0.128. The van der Waals surface area contributed by atoms with Crippen molar-refractivity contribution in [3.8, 4) is 0 Å². The van der Waals surface area contributed by atoms with E-state index in [0.717, 1.165) is 37.6 Å². The normalized spacial score (nSPS) is 19.8. The highest BCUT2D eigenvalue weighted by atomic mass is 16.3. The van der Waals surface area contributed by atoms with E-state index in [1.54, 1.807) is 0 Å². The maximum atomic E-state index is 11.7. The van der Waals surface area contributed by atoms with Crippen LogP contribution in [0.5, 0.6) is 0 Å². The molecule has 1 aromatic heterocycles. The largest absolute Gasteiger partial charge is 0.463 e. The first-order valence-corrected chi connectivity index (χ1v) is 6.75. The van der Waals surface area contributed by atoms with Crippen molar-refractivity contribution in [2.75, 3.05) is 13.1 Å². The minimum atomic E-state index is 0.240. The van der Waals surface area contributed by atoms with Gasteiger partial charge in [0, 0.05) is 13.0 Å². The van der Waals surface area contributed by atoms with Gasteiger partial charge in [0.05, 0.1) is 13.1 Å². The Morgan fingerprint density at radius 2 is 2.22 bits per heavy atom. The molecule has 0 spiro atoms. The molecule has 0 radical (unpaired) electrons. The number of rotatable bonds is 6. The zero-order chi connectivity index (χ0) is 13.0. The van der Waals surface area contributed by atoms with Crippen molar-refractivity contribution in [2.45, 2.75) is 39.8 Å². The Morgan fingerprint density at radius 1 is 1.44 bits per heavy atom. The van der Waals surface area contributed by atoms with Crippen molar-refractivity contribution in [1.82, 2.24) is 10.2 Å². The molecule has 1 N–H and O–H groups in total. The summed E-state index contributed by atoms with van der Waals surface area (Å²) in [6, 6.07) is 3.96. The Morgan fingerprint density at radius 3 is 2.89 bits per heavy atom. The van der Waals surface area contributed by atoms with Crippen molar-refractivity contribution in [1.29, 1.82) is 0 Å². The molecule has 1 aliphatic heterocycles. The molecule has 1 saturated heterocycles. The van der Waals surface area contributed by atoms with Crippen LogP contribution in [0.4, 0.5) is 0 Å². The molecule has 2 rings (SSSR count). The van der Waals surface area contributed by atoms with Gasteiger partial charge in [-0.1, -0.05) is 13.8 Å². The highest BCUT2D eigenvalue weighted by molar-refractivity contribution is 5.78. The maximum Gasteiger partial charge on any atom is 0.223 e. The second-order valence-corrected chi connectivity index (χ2v) is 5.13. The van der Waals surface area contributed by atoms with Crippen molar-refractivity contribution >= 4 is 5.91 Å². The molecular formula is C14H22N2O2. The Kier molecular flexibility index (Phi) is 4.42. The fraction of sp³-hybridized carbons (Fsp3) is 0.643. The van der Waals surface area contributed by atoms with Gasteiger partial charge < -0.3 is 14.6 Å². The topological polar surface area (TPSA) is 45.5 Å². The van der Waals surface area contributed by atoms with E-state index in [2.05, 4.69) is 19.2 Å². The number of carbonyl (C=O) groups excluding carboxylic acids is 1. The van der Waals surface area contributed by atoms with E-state index in [1.165, 1.54) is 0 Å². The summed E-state index contributed by atoms with van der Waals surface area (Å²) in [5, 5.41) is 3.30. The van der Waals surface area contributed by atoms with Gasteiger partial charge in [0.25, 0.3) is 0 Å². The van der Waals surface area contributed by atoms with Gasteiger partial charge in [-0.05, 0) is 31.0 Å².